The highest BCUT2D eigenvalue weighted by molar-refractivity contribution is 7.91. The van der Waals surface area contributed by atoms with E-state index in [0.29, 0.717) is 5.56 Å². The van der Waals surface area contributed by atoms with E-state index in [1.165, 1.54) is 12.1 Å². The van der Waals surface area contributed by atoms with Crippen LogP contribution in [0.2, 0.25) is 0 Å². The second-order valence-corrected chi connectivity index (χ2v) is 6.68. The molecule has 1 aromatic rings. The van der Waals surface area contributed by atoms with Gasteiger partial charge in [-0.25, -0.2) is 9.00 Å². The van der Waals surface area contributed by atoms with Crippen molar-refractivity contribution in [3.63, 3.8) is 0 Å². The van der Waals surface area contributed by atoms with Gasteiger partial charge in [0.1, 0.15) is 6.04 Å². The Labute approximate surface area is 116 Å². The third-order valence-corrected chi connectivity index (χ3v) is 4.38. The van der Waals surface area contributed by atoms with E-state index < -0.39 is 27.7 Å². The van der Waals surface area contributed by atoms with Crippen LogP contribution >= 0.6 is 0 Å². The molecule has 0 bridgehead atoms. The number of benzene rings is 1. The van der Waals surface area contributed by atoms with Crippen molar-refractivity contribution in [1.29, 1.82) is 4.78 Å². The Bertz CT molecular complexity index is 612. The van der Waals surface area contributed by atoms with E-state index in [-0.39, 0.29) is 23.5 Å². The zero-order valence-corrected chi connectivity index (χ0v) is 11.4. The third-order valence-electron chi connectivity index (χ3n) is 2.71. The standard InChI is InChI=1S/C12H16N2O5S/c13-10(12(17)18)5-6-20(14,19)7-8-3-1-2-4-9(8)11(15)16/h1-4,10,14H,5-7,13H2,(H,15,16)(H,17,18)/t10-,20?/m0/s1. The quantitative estimate of drug-likeness (QED) is 0.585. The minimum absolute atomic E-state index is 0.00462. The average molecular weight is 300 g/mol. The Hall–Kier alpha value is -1.93. The normalized spacial score (nSPS) is 15.2. The molecule has 0 amide bonds. The van der Waals surface area contributed by atoms with Gasteiger partial charge in [0, 0.05) is 15.5 Å². The SMILES string of the molecule is N=S(=O)(CC[C@H](N)C(=O)O)Cc1ccccc1C(=O)O. The van der Waals surface area contributed by atoms with Crippen LogP contribution in [0.4, 0.5) is 0 Å². The first kappa shape index (κ1) is 16.1. The highest BCUT2D eigenvalue weighted by atomic mass is 32.2. The molecule has 0 spiro atoms. The number of aromatic carboxylic acids is 1. The van der Waals surface area contributed by atoms with Crippen molar-refractivity contribution in [2.45, 2.75) is 18.2 Å². The summed E-state index contributed by atoms with van der Waals surface area (Å²) in [5, 5.41) is 17.6. The lowest BCUT2D eigenvalue weighted by molar-refractivity contribution is -0.138. The van der Waals surface area contributed by atoms with E-state index in [9.17, 15) is 13.8 Å². The molecule has 110 valence electrons. The van der Waals surface area contributed by atoms with Crippen molar-refractivity contribution in [2.75, 3.05) is 5.75 Å². The largest absolute Gasteiger partial charge is 0.480 e. The molecule has 20 heavy (non-hydrogen) atoms. The summed E-state index contributed by atoms with van der Waals surface area (Å²) >= 11 is 0. The number of hydrogen-bond donors (Lipinski definition) is 4. The van der Waals surface area contributed by atoms with Crippen molar-refractivity contribution >= 4 is 21.7 Å². The van der Waals surface area contributed by atoms with Crippen molar-refractivity contribution in [3.05, 3.63) is 35.4 Å². The summed E-state index contributed by atoms with van der Waals surface area (Å²) in [7, 11) is -3.13. The lowest BCUT2D eigenvalue weighted by atomic mass is 10.1. The van der Waals surface area contributed by atoms with E-state index in [1.54, 1.807) is 12.1 Å². The minimum atomic E-state index is -3.13. The minimum Gasteiger partial charge on any atom is -0.480 e. The zero-order chi connectivity index (χ0) is 15.3. The Balaban J connectivity index is 2.82. The van der Waals surface area contributed by atoms with Crippen LogP contribution in [0.15, 0.2) is 24.3 Å². The monoisotopic (exact) mass is 300 g/mol. The van der Waals surface area contributed by atoms with Gasteiger partial charge in [0.25, 0.3) is 0 Å². The van der Waals surface area contributed by atoms with E-state index >= 15 is 0 Å². The van der Waals surface area contributed by atoms with Gasteiger partial charge in [-0.15, -0.1) is 0 Å². The molecule has 0 saturated heterocycles. The maximum absolute atomic E-state index is 12.1. The van der Waals surface area contributed by atoms with Crippen LogP contribution in [0.3, 0.4) is 0 Å². The average Bonchev–Trinajstić information content (AvgIpc) is 2.35. The summed E-state index contributed by atoms with van der Waals surface area (Å²) in [6, 6.07) is 4.83. The summed E-state index contributed by atoms with van der Waals surface area (Å²) in [5.41, 5.74) is 5.58. The number of carboxylic acids is 2. The van der Waals surface area contributed by atoms with Gasteiger partial charge in [0.2, 0.25) is 0 Å². The predicted octanol–water partition coefficient (Wildman–Crippen LogP) is 0.734. The molecular weight excluding hydrogens is 284 g/mol. The van der Waals surface area contributed by atoms with Gasteiger partial charge in [-0.05, 0) is 18.1 Å². The van der Waals surface area contributed by atoms with E-state index in [1.807, 2.05) is 0 Å². The van der Waals surface area contributed by atoms with E-state index in [2.05, 4.69) is 0 Å². The van der Waals surface area contributed by atoms with Gasteiger partial charge in [-0.2, -0.15) is 0 Å². The maximum atomic E-state index is 12.1. The molecule has 0 aromatic heterocycles. The van der Waals surface area contributed by atoms with Gasteiger partial charge in [-0.1, -0.05) is 18.2 Å². The Morgan fingerprint density at radius 1 is 1.30 bits per heavy atom. The van der Waals surface area contributed by atoms with Crippen LogP contribution in [-0.2, 0) is 20.3 Å². The molecule has 0 aliphatic rings. The summed E-state index contributed by atoms with van der Waals surface area (Å²) in [4.78, 5) is 21.6. The molecule has 0 aliphatic heterocycles. The fraction of sp³-hybridized carbons (Fsp3) is 0.333. The summed E-state index contributed by atoms with van der Waals surface area (Å²) < 4.78 is 19.8. The van der Waals surface area contributed by atoms with Crippen LogP contribution < -0.4 is 5.73 Å². The third kappa shape index (κ3) is 4.63. The van der Waals surface area contributed by atoms with Gasteiger partial charge in [-0.3, -0.25) is 9.57 Å². The van der Waals surface area contributed by atoms with Gasteiger partial charge < -0.3 is 15.9 Å². The molecule has 1 rings (SSSR count). The Morgan fingerprint density at radius 3 is 2.45 bits per heavy atom. The predicted molar refractivity (Wildman–Crippen MR) is 73.1 cm³/mol. The van der Waals surface area contributed by atoms with Crippen molar-refractivity contribution in [1.82, 2.24) is 0 Å². The second kappa shape index (κ2) is 6.49. The fourth-order valence-electron chi connectivity index (χ4n) is 1.62. The molecule has 1 unspecified atom stereocenters. The van der Waals surface area contributed by atoms with Crippen LogP contribution in [0, 0.1) is 4.78 Å². The van der Waals surface area contributed by atoms with Crippen LogP contribution in [-0.4, -0.2) is 38.2 Å². The fourth-order valence-corrected chi connectivity index (χ4v) is 3.15. The molecule has 0 heterocycles. The molecular formula is C12H16N2O5S. The molecule has 2 atom stereocenters. The van der Waals surface area contributed by atoms with Crippen LogP contribution in [0.25, 0.3) is 0 Å². The molecule has 7 nitrogen and oxygen atoms in total. The van der Waals surface area contributed by atoms with E-state index in [4.69, 9.17) is 20.7 Å². The van der Waals surface area contributed by atoms with Crippen molar-refractivity contribution in [3.8, 4) is 0 Å². The van der Waals surface area contributed by atoms with Gasteiger partial charge in [0.05, 0.1) is 11.3 Å². The lowest BCUT2D eigenvalue weighted by Gasteiger charge is -2.11. The number of rotatable bonds is 7. The highest BCUT2D eigenvalue weighted by Gasteiger charge is 2.18. The topological polar surface area (TPSA) is 142 Å². The summed E-state index contributed by atoms with van der Waals surface area (Å²) in [5.74, 6) is -2.79. The number of nitrogens with two attached hydrogens (primary N) is 1. The summed E-state index contributed by atoms with van der Waals surface area (Å²) in [6.45, 7) is 0. The molecule has 5 N–H and O–H groups in total. The van der Waals surface area contributed by atoms with Gasteiger partial charge in [0.15, 0.2) is 0 Å². The molecule has 0 radical (unpaired) electrons. The van der Waals surface area contributed by atoms with Gasteiger partial charge >= 0.3 is 11.9 Å². The Morgan fingerprint density at radius 2 is 1.90 bits per heavy atom. The van der Waals surface area contributed by atoms with E-state index in [0.717, 1.165) is 0 Å². The smallest absolute Gasteiger partial charge is 0.335 e. The first-order valence-corrected chi connectivity index (χ1v) is 7.66. The molecule has 0 aliphatic carbocycles. The lowest BCUT2D eigenvalue weighted by Crippen LogP contribution is -2.32. The number of nitrogens with one attached hydrogen (secondary N) is 1. The number of carbonyl (C=O) groups is 2. The zero-order valence-electron chi connectivity index (χ0n) is 10.6. The highest BCUT2D eigenvalue weighted by Crippen LogP contribution is 2.14. The molecule has 0 saturated carbocycles. The van der Waals surface area contributed by atoms with Crippen LogP contribution in [0.5, 0.6) is 0 Å². The number of carboxylic acid groups (broad SMARTS) is 2. The number of hydrogen-bond acceptors (Lipinski definition) is 5. The molecule has 1 aromatic carbocycles. The van der Waals surface area contributed by atoms with Crippen LogP contribution in [0.1, 0.15) is 22.3 Å². The summed E-state index contributed by atoms with van der Waals surface area (Å²) in [6.07, 6.45) is -0.0904. The maximum Gasteiger partial charge on any atom is 0.335 e. The first-order valence-electron chi connectivity index (χ1n) is 5.76. The molecule has 8 heteroatoms. The van der Waals surface area contributed by atoms with Crippen molar-refractivity contribution in [2.24, 2.45) is 5.73 Å². The van der Waals surface area contributed by atoms with Crippen molar-refractivity contribution < 1.29 is 24.0 Å². The Kier molecular flexibility index (Phi) is 5.23. The molecule has 0 fully saturated rings. The second-order valence-electron chi connectivity index (χ2n) is 4.36. The number of aliphatic carboxylic acids is 1. The first-order chi connectivity index (χ1) is 9.23.